The molecule has 3 heteroatoms. The van der Waals surface area contributed by atoms with E-state index in [2.05, 4.69) is 66.1 Å². The quantitative estimate of drug-likeness (QED) is 0.404. The summed E-state index contributed by atoms with van der Waals surface area (Å²) >= 11 is 0. The number of allylic oxidation sites excluding steroid dienone is 2. The Hall–Kier alpha value is 0.344. The lowest BCUT2D eigenvalue weighted by Crippen LogP contribution is -2.59. The molecule has 2 aliphatic heterocycles. The standard InChI is InChI=1S/C19H35PSi2/c1-19(2,3)18-13-11-15(22(7,8)9)17(20-18)16-12(13)10-14(16)21(4,5)6/h11-14,16-17H,10H2,1-9H3/t12-,13+,14+,16+,17-/m1/s1. The van der Waals surface area contributed by atoms with E-state index in [1.165, 1.54) is 6.42 Å². The summed E-state index contributed by atoms with van der Waals surface area (Å²) in [6, 6.07) is 0. The zero-order valence-electron chi connectivity index (χ0n) is 16.1. The maximum absolute atomic E-state index is 2.79. The summed E-state index contributed by atoms with van der Waals surface area (Å²) in [6.07, 6.45) is 4.32. The van der Waals surface area contributed by atoms with Crippen LogP contribution in [-0.4, -0.2) is 27.1 Å². The van der Waals surface area contributed by atoms with Crippen molar-refractivity contribution >= 4 is 29.6 Å². The van der Waals surface area contributed by atoms with Crippen molar-refractivity contribution in [2.24, 2.45) is 23.2 Å². The summed E-state index contributed by atoms with van der Waals surface area (Å²) in [5.74, 6) is 2.85. The van der Waals surface area contributed by atoms with Gasteiger partial charge in [-0.05, 0) is 34.5 Å². The molecule has 5 atom stereocenters. The van der Waals surface area contributed by atoms with Crippen molar-refractivity contribution in [1.82, 2.24) is 0 Å². The molecule has 124 valence electrons. The van der Waals surface area contributed by atoms with E-state index in [1.807, 2.05) is 10.5 Å². The third kappa shape index (κ3) is 2.58. The molecule has 2 aliphatic carbocycles. The van der Waals surface area contributed by atoms with Gasteiger partial charge in [0.25, 0.3) is 0 Å². The Bertz CT molecular complexity index is 539. The topological polar surface area (TPSA) is 0 Å². The predicted molar refractivity (Wildman–Crippen MR) is 109 cm³/mol. The Labute approximate surface area is 142 Å². The summed E-state index contributed by atoms with van der Waals surface area (Å²) in [5, 5.41) is 3.78. The van der Waals surface area contributed by atoms with Gasteiger partial charge in [-0.25, -0.2) is 0 Å². The van der Waals surface area contributed by atoms with Gasteiger partial charge in [0.2, 0.25) is 0 Å². The molecular formula is C19H35PSi2. The molecule has 2 heterocycles. The van der Waals surface area contributed by atoms with Crippen molar-refractivity contribution in [3.05, 3.63) is 11.3 Å². The molecule has 0 saturated heterocycles. The average Bonchev–Trinajstić information content (AvgIpc) is 2.22. The van der Waals surface area contributed by atoms with Crippen LogP contribution in [0.3, 0.4) is 0 Å². The Morgan fingerprint density at radius 1 is 1.05 bits per heavy atom. The number of rotatable bonds is 2. The van der Waals surface area contributed by atoms with Crippen LogP contribution in [0.5, 0.6) is 0 Å². The smallest absolute Gasteiger partial charge is 0.0733 e. The van der Waals surface area contributed by atoms with Crippen molar-refractivity contribution in [3.63, 3.8) is 0 Å². The molecule has 0 N–H and O–H groups in total. The van der Waals surface area contributed by atoms with E-state index in [9.17, 15) is 0 Å². The second-order valence-corrected chi connectivity index (χ2v) is 22.9. The van der Waals surface area contributed by atoms with Gasteiger partial charge < -0.3 is 0 Å². The number of hydrogen-bond donors (Lipinski definition) is 0. The van der Waals surface area contributed by atoms with Crippen LogP contribution < -0.4 is 0 Å². The molecule has 1 fully saturated rings. The molecule has 2 bridgehead atoms. The van der Waals surface area contributed by atoms with Gasteiger partial charge in [-0.3, -0.25) is 0 Å². The highest BCUT2D eigenvalue weighted by Gasteiger charge is 2.59. The van der Waals surface area contributed by atoms with Crippen LogP contribution in [-0.2, 0) is 0 Å². The molecule has 0 nitrogen and oxygen atoms in total. The molecule has 1 saturated carbocycles. The minimum absolute atomic E-state index is 0.390. The lowest BCUT2D eigenvalue weighted by Gasteiger charge is -2.63. The van der Waals surface area contributed by atoms with Crippen molar-refractivity contribution in [2.75, 3.05) is 0 Å². The Morgan fingerprint density at radius 2 is 1.64 bits per heavy atom. The molecule has 0 aromatic rings. The highest BCUT2D eigenvalue weighted by atomic mass is 31.1. The number of hydrogen-bond acceptors (Lipinski definition) is 0. The van der Waals surface area contributed by atoms with Crippen LogP contribution in [0.1, 0.15) is 27.2 Å². The average molecular weight is 351 g/mol. The van der Waals surface area contributed by atoms with Crippen LogP contribution in [0.4, 0.5) is 0 Å². The zero-order valence-corrected chi connectivity index (χ0v) is 19.0. The largest absolute Gasteiger partial charge is 0.0964 e. The first kappa shape index (κ1) is 17.2. The van der Waals surface area contributed by atoms with Gasteiger partial charge in [-0.15, -0.1) is 0 Å². The first-order chi connectivity index (χ1) is 9.82. The van der Waals surface area contributed by atoms with Crippen molar-refractivity contribution in [2.45, 2.75) is 77.7 Å². The van der Waals surface area contributed by atoms with Gasteiger partial charge in [0.15, 0.2) is 0 Å². The van der Waals surface area contributed by atoms with Crippen LogP contribution >= 0.6 is 8.20 Å². The molecule has 4 aliphatic rings. The molecule has 0 unspecified atom stereocenters. The molecule has 0 radical (unpaired) electrons. The molecule has 0 spiro atoms. The fraction of sp³-hybridized carbons (Fsp3) is 0.842. The van der Waals surface area contributed by atoms with E-state index in [0.29, 0.717) is 5.41 Å². The van der Waals surface area contributed by atoms with E-state index in [1.54, 1.807) is 8.20 Å². The van der Waals surface area contributed by atoms with Crippen LogP contribution in [0.15, 0.2) is 11.3 Å². The van der Waals surface area contributed by atoms with Crippen LogP contribution in [0.2, 0.25) is 44.8 Å². The van der Waals surface area contributed by atoms with Crippen molar-refractivity contribution in [1.29, 1.82) is 0 Å². The van der Waals surface area contributed by atoms with Crippen LogP contribution in [0.25, 0.3) is 0 Å². The van der Waals surface area contributed by atoms with E-state index in [-0.39, 0.29) is 0 Å². The van der Waals surface area contributed by atoms with Gasteiger partial charge in [-0.1, -0.05) is 79.5 Å². The third-order valence-corrected chi connectivity index (χ3v) is 13.8. The van der Waals surface area contributed by atoms with E-state index < -0.39 is 16.1 Å². The molecule has 4 rings (SSSR count). The highest BCUT2D eigenvalue weighted by molar-refractivity contribution is 7.42. The lowest BCUT2D eigenvalue weighted by atomic mass is 9.59. The van der Waals surface area contributed by atoms with Crippen molar-refractivity contribution < 1.29 is 0 Å². The minimum Gasteiger partial charge on any atom is -0.0964 e. The monoisotopic (exact) mass is 350 g/mol. The first-order valence-electron chi connectivity index (χ1n) is 9.12. The van der Waals surface area contributed by atoms with Gasteiger partial charge >= 0.3 is 0 Å². The summed E-state index contributed by atoms with van der Waals surface area (Å²) < 4.78 is 0. The Kier molecular flexibility index (Phi) is 3.85. The predicted octanol–water partition coefficient (Wildman–Crippen LogP) is 6.31. The maximum atomic E-state index is 2.79. The highest BCUT2D eigenvalue weighted by Crippen LogP contribution is 2.66. The van der Waals surface area contributed by atoms with E-state index >= 15 is 0 Å². The molecule has 0 aromatic carbocycles. The van der Waals surface area contributed by atoms with Crippen molar-refractivity contribution in [3.8, 4) is 0 Å². The van der Waals surface area contributed by atoms with Gasteiger partial charge in [0.05, 0.1) is 8.07 Å². The first-order valence-corrected chi connectivity index (χ1v) is 17.2. The maximum Gasteiger partial charge on any atom is 0.0733 e. The molecule has 0 aromatic heterocycles. The van der Waals surface area contributed by atoms with E-state index in [0.717, 1.165) is 29.0 Å². The van der Waals surface area contributed by atoms with Gasteiger partial charge in [0, 0.05) is 19.7 Å². The normalized spacial score (nSPS) is 38.9. The third-order valence-electron chi connectivity index (χ3n) is 6.33. The molecule has 22 heavy (non-hydrogen) atoms. The fourth-order valence-corrected chi connectivity index (χ4v) is 13.0. The van der Waals surface area contributed by atoms with E-state index in [4.69, 9.17) is 0 Å². The Morgan fingerprint density at radius 3 is 2.09 bits per heavy atom. The zero-order chi connectivity index (χ0) is 16.7. The fourth-order valence-electron chi connectivity index (χ4n) is 5.16. The summed E-state index contributed by atoms with van der Waals surface area (Å²) in [4.78, 5) is 0. The molecular weight excluding hydrogens is 315 g/mol. The second-order valence-electron chi connectivity index (χ2n) is 11.1. The van der Waals surface area contributed by atoms with Gasteiger partial charge in [-0.2, -0.15) is 0 Å². The molecule has 0 amide bonds. The lowest BCUT2D eigenvalue weighted by molar-refractivity contribution is 0.138. The summed E-state index contributed by atoms with van der Waals surface area (Å²) in [5.41, 5.74) is 2.36. The summed E-state index contributed by atoms with van der Waals surface area (Å²) in [7, 11) is -0.451. The van der Waals surface area contributed by atoms with Crippen LogP contribution in [0, 0.1) is 23.2 Å². The van der Waals surface area contributed by atoms with Gasteiger partial charge in [0.1, 0.15) is 0 Å². The SMILES string of the molecule is CC(C)(C)C1=P[C@@H]2C([Si](C)(C)C)=C[C@H]1[C@H]1C[C@H]([Si](C)(C)C)[C@H]12. The second kappa shape index (κ2) is 4.93. The Balaban J connectivity index is 2.03. The minimum atomic E-state index is -1.17. The summed E-state index contributed by atoms with van der Waals surface area (Å²) in [6.45, 7) is 22.9.